The zero-order valence-corrected chi connectivity index (χ0v) is 21.8. The second kappa shape index (κ2) is 12.5. The quantitative estimate of drug-likeness (QED) is 0.292. The van der Waals surface area contributed by atoms with Gasteiger partial charge in [-0.2, -0.15) is 10.5 Å². The molecular weight excluding hydrogens is 494 g/mol. The molecule has 0 spiro atoms. The highest BCUT2D eigenvalue weighted by Gasteiger charge is 2.30. The highest BCUT2D eigenvalue weighted by molar-refractivity contribution is 6.33. The zero-order valence-electron chi connectivity index (χ0n) is 21.0. The predicted molar refractivity (Wildman–Crippen MR) is 154 cm³/mol. The maximum Gasteiger partial charge on any atom is 0.282 e. The van der Waals surface area contributed by atoms with Crippen LogP contribution in [0.25, 0.3) is 12.2 Å². The Balaban J connectivity index is 1.67. The van der Waals surface area contributed by atoms with Crippen LogP contribution in [0.4, 0.5) is 11.4 Å². The SMILES string of the molecule is Cc1cc(N(CCC#N)CCC#N)ccc1/C=C1N=C(/C=C/c2ccccc2)N(c2ccc(Cl)cc2)C\1=O. The number of anilines is 2. The maximum atomic E-state index is 13.5. The third kappa shape index (κ3) is 6.37. The largest absolute Gasteiger partial charge is 0.369 e. The van der Waals surface area contributed by atoms with Crippen LogP contribution in [0.5, 0.6) is 0 Å². The van der Waals surface area contributed by atoms with Crippen molar-refractivity contribution >= 4 is 46.9 Å². The zero-order chi connectivity index (χ0) is 26.9. The number of amides is 1. The molecule has 0 aliphatic carbocycles. The molecule has 1 aliphatic heterocycles. The molecule has 38 heavy (non-hydrogen) atoms. The molecule has 0 aromatic heterocycles. The van der Waals surface area contributed by atoms with E-state index in [0.717, 1.165) is 22.4 Å². The number of rotatable bonds is 9. The third-order valence-electron chi connectivity index (χ3n) is 6.09. The summed E-state index contributed by atoms with van der Waals surface area (Å²) >= 11 is 6.08. The van der Waals surface area contributed by atoms with Gasteiger partial charge in [0.1, 0.15) is 11.5 Å². The van der Waals surface area contributed by atoms with Crippen molar-refractivity contribution in [2.75, 3.05) is 22.9 Å². The van der Waals surface area contributed by atoms with Crippen molar-refractivity contribution in [2.24, 2.45) is 4.99 Å². The summed E-state index contributed by atoms with van der Waals surface area (Å²) < 4.78 is 0. The van der Waals surface area contributed by atoms with Crippen molar-refractivity contribution in [1.29, 1.82) is 10.5 Å². The summed E-state index contributed by atoms with van der Waals surface area (Å²) in [4.78, 5) is 21.8. The molecule has 3 aromatic rings. The van der Waals surface area contributed by atoms with E-state index < -0.39 is 0 Å². The van der Waals surface area contributed by atoms with Crippen LogP contribution in [0.3, 0.4) is 0 Å². The lowest BCUT2D eigenvalue weighted by molar-refractivity contribution is -0.113. The van der Waals surface area contributed by atoms with Crippen LogP contribution >= 0.6 is 11.6 Å². The van der Waals surface area contributed by atoms with Crippen molar-refractivity contribution in [3.8, 4) is 12.1 Å². The van der Waals surface area contributed by atoms with Gasteiger partial charge in [-0.3, -0.25) is 9.69 Å². The molecule has 0 bridgehead atoms. The first-order valence-corrected chi connectivity index (χ1v) is 12.6. The summed E-state index contributed by atoms with van der Waals surface area (Å²) in [6, 6.07) is 27.2. The van der Waals surface area contributed by atoms with Gasteiger partial charge in [0.25, 0.3) is 5.91 Å². The molecule has 0 saturated heterocycles. The molecule has 1 amide bonds. The number of benzene rings is 3. The molecule has 1 heterocycles. The Morgan fingerprint density at radius 3 is 2.26 bits per heavy atom. The number of halogens is 1. The minimum Gasteiger partial charge on any atom is -0.369 e. The van der Waals surface area contributed by atoms with E-state index in [2.05, 4.69) is 12.1 Å². The van der Waals surface area contributed by atoms with E-state index in [9.17, 15) is 4.79 Å². The fraction of sp³-hybridized carbons (Fsp3) is 0.161. The van der Waals surface area contributed by atoms with E-state index in [1.165, 1.54) is 0 Å². The molecule has 0 unspecified atom stereocenters. The van der Waals surface area contributed by atoms with Crippen LogP contribution in [0.2, 0.25) is 5.02 Å². The molecule has 0 fully saturated rings. The van der Waals surface area contributed by atoms with Gasteiger partial charge >= 0.3 is 0 Å². The molecule has 4 rings (SSSR count). The molecule has 0 atom stereocenters. The van der Waals surface area contributed by atoms with Gasteiger partial charge in [0, 0.05) is 23.8 Å². The Morgan fingerprint density at radius 2 is 1.63 bits per heavy atom. The number of carbonyl (C=O) groups excluding carboxylic acids is 1. The highest BCUT2D eigenvalue weighted by Crippen LogP contribution is 2.29. The minimum absolute atomic E-state index is 0.229. The monoisotopic (exact) mass is 519 g/mol. The number of carbonyl (C=O) groups is 1. The fourth-order valence-electron chi connectivity index (χ4n) is 4.13. The molecule has 0 N–H and O–H groups in total. The van der Waals surface area contributed by atoms with Crippen LogP contribution in [0.1, 0.15) is 29.5 Å². The first-order valence-electron chi connectivity index (χ1n) is 12.2. The summed E-state index contributed by atoms with van der Waals surface area (Å²) in [6.45, 7) is 3.07. The maximum absolute atomic E-state index is 13.5. The Kier molecular flexibility index (Phi) is 8.72. The number of nitriles is 2. The minimum atomic E-state index is -0.229. The van der Waals surface area contributed by atoms with Crippen molar-refractivity contribution in [3.05, 3.63) is 106 Å². The number of aliphatic imine (C=N–C) groups is 1. The number of nitrogens with zero attached hydrogens (tertiary/aromatic N) is 5. The van der Waals surface area contributed by atoms with Gasteiger partial charge in [0.2, 0.25) is 0 Å². The Hall–Kier alpha value is -4.65. The Labute approximate surface area is 228 Å². The van der Waals surface area contributed by atoms with Gasteiger partial charge in [0.15, 0.2) is 0 Å². The lowest BCUT2D eigenvalue weighted by atomic mass is 10.1. The van der Waals surface area contributed by atoms with Gasteiger partial charge in [-0.05, 0) is 72.2 Å². The molecule has 7 heteroatoms. The van der Waals surface area contributed by atoms with E-state index in [4.69, 9.17) is 27.1 Å². The molecule has 0 saturated carbocycles. The molecule has 188 valence electrons. The van der Waals surface area contributed by atoms with Crippen LogP contribution in [-0.2, 0) is 4.79 Å². The number of hydrogen-bond acceptors (Lipinski definition) is 5. The topological polar surface area (TPSA) is 83.5 Å². The predicted octanol–water partition coefficient (Wildman–Crippen LogP) is 6.78. The van der Waals surface area contributed by atoms with E-state index in [-0.39, 0.29) is 5.91 Å². The average molecular weight is 520 g/mol. The normalized spacial score (nSPS) is 14.0. The van der Waals surface area contributed by atoms with Gasteiger partial charge < -0.3 is 4.90 Å². The third-order valence-corrected chi connectivity index (χ3v) is 6.35. The van der Waals surface area contributed by atoms with Crippen molar-refractivity contribution in [1.82, 2.24) is 0 Å². The molecular formula is C31H26ClN5O. The lowest BCUT2D eigenvalue weighted by Gasteiger charge is -2.23. The smallest absolute Gasteiger partial charge is 0.282 e. The van der Waals surface area contributed by atoms with Gasteiger partial charge in [-0.25, -0.2) is 4.99 Å². The van der Waals surface area contributed by atoms with Gasteiger partial charge in [-0.1, -0.05) is 54.1 Å². The Morgan fingerprint density at radius 1 is 0.947 bits per heavy atom. The van der Waals surface area contributed by atoms with Crippen molar-refractivity contribution in [3.63, 3.8) is 0 Å². The Bertz CT molecular complexity index is 1460. The van der Waals surface area contributed by atoms with E-state index >= 15 is 0 Å². The molecule has 6 nitrogen and oxygen atoms in total. The summed E-state index contributed by atoms with van der Waals surface area (Å²) in [5.41, 5.74) is 4.77. The van der Waals surface area contributed by atoms with Crippen molar-refractivity contribution < 1.29 is 4.79 Å². The van der Waals surface area contributed by atoms with Crippen molar-refractivity contribution in [2.45, 2.75) is 19.8 Å². The number of hydrogen-bond donors (Lipinski definition) is 0. The molecule has 1 aliphatic rings. The lowest BCUT2D eigenvalue weighted by Crippen LogP contribution is -2.30. The van der Waals surface area contributed by atoms with E-state index in [0.29, 0.717) is 48.2 Å². The number of aryl methyl sites for hydroxylation is 1. The highest BCUT2D eigenvalue weighted by atomic mass is 35.5. The van der Waals surface area contributed by atoms with Crippen LogP contribution in [0.15, 0.2) is 89.6 Å². The van der Waals surface area contributed by atoms with Crippen LogP contribution < -0.4 is 9.80 Å². The summed E-state index contributed by atoms with van der Waals surface area (Å²) in [6.07, 6.45) is 6.30. The van der Waals surface area contributed by atoms with Gasteiger partial charge in [0.05, 0.1) is 30.7 Å². The second-order valence-electron chi connectivity index (χ2n) is 8.70. The molecule has 3 aromatic carbocycles. The van der Waals surface area contributed by atoms with Gasteiger partial charge in [-0.15, -0.1) is 0 Å². The second-order valence-corrected chi connectivity index (χ2v) is 9.14. The van der Waals surface area contributed by atoms with Crippen LogP contribution in [-0.4, -0.2) is 24.8 Å². The number of amidine groups is 1. The first-order chi connectivity index (χ1) is 18.5. The fourth-order valence-corrected chi connectivity index (χ4v) is 4.25. The molecule has 0 radical (unpaired) electrons. The van der Waals surface area contributed by atoms with Crippen LogP contribution in [0, 0.1) is 29.6 Å². The van der Waals surface area contributed by atoms with E-state index in [1.807, 2.05) is 72.5 Å². The summed E-state index contributed by atoms with van der Waals surface area (Å²) in [5, 5.41) is 18.6. The average Bonchev–Trinajstić information content (AvgIpc) is 3.24. The van der Waals surface area contributed by atoms with E-state index in [1.54, 1.807) is 35.2 Å². The summed E-state index contributed by atoms with van der Waals surface area (Å²) in [7, 11) is 0. The summed E-state index contributed by atoms with van der Waals surface area (Å²) in [5.74, 6) is 0.286. The first kappa shape index (κ1) is 26.4. The standard InChI is InChI=1S/C31H26ClN5O/c1-23-21-28(36(19-5-17-33)20-6-18-34)13-10-25(23)22-29-31(38)37(27-14-11-26(32)12-15-27)30(35-29)16-9-24-7-3-2-4-8-24/h2-4,7-16,21-22H,5-6,19-20H2,1H3/b16-9+,29-22-.